The van der Waals surface area contributed by atoms with Crippen LogP contribution >= 0.6 is 0 Å². The van der Waals surface area contributed by atoms with Gasteiger partial charge in [0, 0.05) is 31.7 Å². The van der Waals surface area contributed by atoms with E-state index in [1.165, 1.54) is 7.05 Å². The number of hydrogen-bond acceptors (Lipinski definition) is 2. The molecule has 0 aliphatic rings. The largest absolute Gasteiger partial charge is 0.760 e. The Labute approximate surface area is 52.6 Å². The number of hydrogen-bond donors (Lipinski definition) is 1. The molecule has 1 unspecified atom stereocenters. The summed E-state index contributed by atoms with van der Waals surface area (Å²) in [6.45, 7) is 0. The van der Waals surface area contributed by atoms with E-state index in [9.17, 15) is 8.76 Å². The summed E-state index contributed by atoms with van der Waals surface area (Å²) in [5.41, 5.74) is 0. The quantitative estimate of drug-likeness (QED) is 0.626. The Morgan fingerprint density at radius 2 is 2.00 bits per heavy atom. The van der Waals surface area contributed by atoms with Crippen molar-refractivity contribution in [1.82, 2.24) is 4.72 Å². The zero-order valence-corrected chi connectivity index (χ0v) is 6.64. The second kappa shape index (κ2) is 5.73. The predicted molar refractivity (Wildman–Crippen MR) is 18.0 cm³/mol. The van der Waals surface area contributed by atoms with Gasteiger partial charge in [0.15, 0.2) is 0 Å². The van der Waals surface area contributed by atoms with Gasteiger partial charge < -0.3 is 4.55 Å². The van der Waals surface area contributed by atoms with Crippen LogP contribution in [0.2, 0.25) is 0 Å². The Morgan fingerprint density at radius 3 is 2.00 bits per heavy atom. The summed E-state index contributed by atoms with van der Waals surface area (Å²) >= 11 is -2.07. The molecule has 0 saturated carbocycles. The summed E-state index contributed by atoms with van der Waals surface area (Å²) in [5, 5.41) is 0. The van der Waals surface area contributed by atoms with Crippen LogP contribution in [0.3, 0.4) is 0 Å². The first-order valence-corrected chi connectivity index (χ1v) is 2.11. The van der Waals surface area contributed by atoms with E-state index < -0.39 is 11.3 Å². The van der Waals surface area contributed by atoms with Crippen LogP contribution in [0.5, 0.6) is 0 Å². The molecule has 5 heteroatoms. The molecule has 0 bridgehead atoms. The van der Waals surface area contributed by atoms with E-state index in [1.807, 2.05) is 4.72 Å². The summed E-state index contributed by atoms with van der Waals surface area (Å²) in [6, 6.07) is 0. The van der Waals surface area contributed by atoms with Crippen molar-refractivity contribution in [3.63, 3.8) is 0 Å². The average Bonchev–Trinajstić information content (AvgIpc) is 1.38. The fourth-order valence-corrected chi connectivity index (χ4v) is 0. The van der Waals surface area contributed by atoms with Gasteiger partial charge in [-0.05, 0) is 7.05 Å². The monoisotopic (exact) mass is 281 g/mol. The first-order valence-electron chi connectivity index (χ1n) is 1.04. The molecule has 1 atom stereocenters. The second-order valence-electron chi connectivity index (χ2n) is 0.439. The zero-order valence-electron chi connectivity index (χ0n) is 3.10. The van der Waals surface area contributed by atoms with Gasteiger partial charge in [-0.15, -0.1) is 0 Å². The van der Waals surface area contributed by atoms with Crippen molar-refractivity contribution in [3.8, 4) is 0 Å². The van der Waals surface area contributed by atoms with E-state index in [-0.39, 0.29) is 20.4 Å². The van der Waals surface area contributed by atoms with Crippen LogP contribution in [-0.4, -0.2) is 15.8 Å². The maximum Gasteiger partial charge on any atom is 0.0178 e. The molecule has 0 amide bonds. The number of rotatable bonds is 1. The molecule has 0 aromatic heterocycles. The van der Waals surface area contributed by atoms with Crippen molar-refractivity contribution in [2.45, 2.75) is 0 Å². The van der Waals surface area contributed by atoms with Crippen LogP contribution in [0.15, 0.2) is 0 Å². The van der Waals surface area contributed by atoms with E-state index in [1.54, 1.807) is 0 Å². The molecule has 0 aliphatic heterocycles. The van der Waals surface area contributed by atoms with E-state index >= 15 is 0 Å². The molecule has 0 rings (SSSR count). The van der Waals surface area contributed by atoms with Crippen molar-refractivity contribution in [3.05, 3.63) is 0 Å². The van der Waals surface area contributed by atoms with Gasteiger partial charge in [-0.2, -0.15) is 0 Å². The minimum atomic E-state index is -2.07. The maximum absolute atomic E-state index is 9.26. The molecule has 1 N–H and O–H groups in total. The van der Waals surface area contributed by atoms with E-state index in [4.69, 9.17) is 0 Å². The molecule has 3 nitrogen and oxygen atoms in total. The fourth-order valence-electron chi connectivity index (χ4n) is 0. The van der Waals surface area contributed by atoms with Crippen molar-refractivity contribution in [1.29, 1.82) is 0 Å². The molecular formula is CH4NO2ReS-. The SMILES string of the molecule is CNS(=O)[O-].[Re]. The van der Waals surface area contributed by atoms with Gasteiger partial charge in [0.2, 0.25) is 0 Å². The van der Waals surface area contributed by atoms with Crippen molar-refractivity contribution >= 4 is 11.3 Å². The maximum atomic E-state index is 9.26. The van der Waals surface area contributed by atoms with Gasteiger partial charge in [0.05, 0.1) is 0 Å². The molecule has 0 aromatic carbocycles. The standard InChI is InChI=1S/CH5NO2S.Re/c1-2-5(3)4;/h2H,1H3,(H,3,4);/p-1. The van der Waals surface area contributed by atoms with Crippen LogP contribution < -0.4 is 4.72 Å². The third-order valence-corrected chi connectivity index (χ3v) is 0.500. The zero-order chi connectivity index (χ0) is 4.28. The summed E-state index contributed by atoms with van der Waals surface area (Å²) in [6.07, 6.45) is 0. The topological polar surface area (TPSA) is 52.2 Å². The van der Waals surface area contributed by atoms with E-state index in [2.05, 4.69) is 0 Å². The van der Waals surface area contributed by atoms with Crippen LogP contribution in [0.4, 0.5) is 0 Å². The normalized spacial score (nSPS) is 12.3. The molecule has 0 spiro atoms. The van der Waals surface area contributed by atoms with Crippen LogP contribution in [0, 0.1) is 0 Å². The summed E-state index contributed by atoms with van der Waals surface area (Å²) in [5.74, 6) is 0. The van der Waals surface area contributed by atoms with Gasteiger partial charge in [0.25, 0.3) is 0 Å². The van der Waals surface area contributed by atoms with Crippen LogP contribution in [0.25, 0.3) is 0 Å². The van der Waals surface area contributed by atoms with E-state index in [0.29, 0.717) is 0 Å². The van der Waals surface area contributed by atoms with Gasteiger partial charge in [-0.25, -0.2) is 0 Å². The Balaban J connectivity index is 0. The second-order valence-corrected chi connectivity index (χ2v) is 1.32. The van der Waals surface area contributed by atoms with Gasteiger partial charge in [-0.1, -0.05) is 0 Å². The summed E-state index contributed by atoms with van der Waals surface area (Å²) in [7, 11) is 1.34. The predicted octanol–water partition coefficient (Wildman–Crippen LogP) is -1.00. The van der Waals surface area contributed by atoms with Crippen LogP contribution in [0.1, 0.15) is 0 Å². The minimum absolute atomic E-state index is 0. The Kier molecular flexibility index (Phi) is 9.44. The number of nitrogens with one attached hydrogen (secondary N) is 1. The molecule has 0 saturated heterocycles. The molecule has 1 radical (unpaired) electrons. The van der Waals surface area contributed by atoms with Gasteiger partial charge in [-0.3, -0.25) is 8.93 Å². The van der Waals surface area contributed by atoms with Crippen LogP contribution in [-0.2, 0) is 31.7 Å². The molecule has 0 aliphatic carbocycles. The first kappa shape index (κ1) is 9.88. The van der Waals surface area contributed by atoms with Crippen molar-refractivity contribution in [2.24, 2.45) is 0 Å². The summed E-state index contributed by atoms with van der Waals surface area (Å²) in [4.78, 5) is 0. The molecule has 0 heterocycles. The molecule has 0 aromatic rings. The molecular weight excluding hydrogens is 276 g/mol. The smallest absolute Gasteiger partial charge is 0.0178 e. The first-order chi connectivity index (χ1) is 2.27. The Hall–Kier alpha value is 0.732. The summed E-state index contributed by atoms with van der Waals surface area (Å²) < 4.78 is 20.5. The third-order valence-electron chi connectivity index (χ3n) is 0.167. The van der Waals surface area contributed by atoms with Gasteiger partial charge in [0.1, 0.15) is 0 Å². The molecule has 6 heavy (non-hydrogen) atoms. The van der Waals surface area contributed by atoms with Crippen molar-refractivity contribution < 1.29 is 29.2 Å². The minimum Gasteiger partial charge on any atom is -0.760 e. The third kappa shape index (κ3) is 8.83. The fraction of sp³-hybridized carbons (Fsp3) is 1.00. The molecule has 39 valence electrons. The average molecular weight is 280 g/mol. The van der Waals surface area contributed by atoms with Gasteiger partial charge >= 0.3 is 0 Å². The Morgan fingerprint density at radius 1 is 1.83 bits per heavy atom. The molecule has 0 fully saturated rings. The Bertz CT molecular complexity index is 48.8. The van der Waals surface area contributed by atoms with Crippen molar-refractivity contribution in [2.75, 3.05) is 7.05 Å². The van der Waals surface area contributed by atoms with E-state index in [0.717, 1.165) is 0 Å².